The zero-order chi connectivity index (χ0) is 18.0. The summed E-state index contributed by atoms with van der Waals surface area (Å²) < 4.78 is 5.80. The van der Waals surface area contributed by atoms with Gasteiger partial charge in [-0.2, -0.15) is 0 Å². The second kappa shape index (κ2) is 7.30. The molecule has 0 aliphatic rings. The van der Waals surface area contributed by atoms with E-state index < -0.39 is 0 Å². The average molecular weight is 359 g/mol. The van der Waals surface area contributed by atoms with Crippen LogP contribution in [0.1, 0.15) is 19.4 Å². The number of rotatable bonds is 5. The molecule has 0 atom stereocenters. The van der Waals surface area contributed by atoms with Gasteiger partial charge in [0.15, 0.2) is 0 Å². The Hall–Kier alpha value is -2.30. The molecule has 130 valence electrons. The van der Waals surface area contributed by atoms with Crippen LogP contribution < -0.4 is 10.3 Å². The lowest BCUT2D eigenvalue weighted by Gasteiger charge is -2.17. The van der Waals surface area contributed by atoms with Gasteiger partial charge < -0.3 is 14.4 Å². The van der Waals surface area contributed by atoms with Gasteiger partial charge in [-0.05, 0) is 43.7 Å². The molecule has 5 heteroatoms. The fourth-order valence-electron chi connectivity index (χ4n) is 3.00. The first kappa shape index (κ1) is 17.5. The third-order valence-corrected chi connectivity index (χ3v) is 4.85. The van der Waals surface area contributed by atoms with Crippen molar-refractivity contribution in [3.8, 4) is 16.9 Å². The maximum atomic E-state index is 12.9. The molecule has 0 radical (unpaired) electrons. The molecule has 25 heavy (non-hydrogen) atoms. The number of nitrogens with one attached hydrogen (secondary N) is 1. The van der Waals surface area contributed by atoms with Gasteiger partial charge >= 0.3 is 0 Å². The summed E-state index contributed by atoms with van der Waals surface area (Å²) in [4.78, 5) is 14.2. The normalized spacial score (nSPS) is 11.4. The van der Waals surface area contributed by atoms with Crippen molar-refractivity contribution in [3.05, 3.63) is 63.5 Å². The van der Waals surface area contributed by atoms with E-state index in [0.29, 0.717) is 33.7 Å². The highest BCUT2D eigenvalue weighted by Gasteiger charge is 2.18. The molecule has 0 unspecified atom stereocenters. The number of halogens is 1. The third-order valence-electron chi connectivity index (χ3n) is 4.60. The molecule has 4 nitrogen and oxygen atoms in total. The van der Waals surface area contributed by atoms with E-state index in [1.54, 1.807) is 36.4 Å². The van der Waals surface area contributed by atoms with Gasteiger partial charge in [0.2, 0.25) is 5.43 Å². The highest BCUT2D eigenvalue weighted by molar-refractivity contribution is 6.30. The quantitative estimate of drug-likeness (QED) is 0.736. The van der Waals surface area contributed by atoms with E-state index in [1.165, 1.54) is 11.2 Å². The lowest BCUT2D eigenvalue weighted by molar-refractivity contribution is -0.910. The van der Waals surface area contributed by atoms with E-state index in [2.05, 4.69) is 13.8 Å². The monoisotopic (exact) mass is 358 g/mol. The molecule has 1 heterocycles. The second-order valence-corrected chi connectivity index (χ2v) is 6.50. The molecule has 0 aliphatic heterocycles. The number of phenolic OH excluding ortho intramolecular Hbond substituents is 1. The summed E-state index contributed by atoms with van der Waals surface area (Å²) in [6, 6.07) is 10.3. The number of hydrogen-bond donors (Lipinski definition) is 2. The van der Waals surface area contributed by atoms with Gasteiger partial charge in [0.05, 0.1) is 29.6 Å². The van der Waals surface area contributed by atoms with Gasteiger partial charge in [-0.15, -0.1) is 0 Å². The lowest BCUT2D eigenvalue weighted by Crippen LogP contribution is -3.10. The summed E-state index contributed by atoms with van der Waals surface area (Å²) in [5.41, 5.74) is 2.26. The largest absolute Gasteiger partial charge is 0.507 e. The number of quaternary nitrogens is 1. The summed E-state index contributed by atoms with van der Waals surface area (Å²) in [6.45, 7) is 6.66. The zero-order valence-corrected chi connectivity index (χ0v) is 15.1. The molecule has 0 saturated heterocycles. The van der Waals surface area contributed by atoms with E-state index in [0.717, 1.165) is 18.7 Å². The van der Waals surface area contributed by atoms with Crippen molar-refractivity contribution >= 4 is 22.6 Å². The van der Waals surface area contributed by atoms with Crippen LogP contribution in [-0.4, -0.2) is 18.2 Å². The summed E-state index contributed by atoms with van der Waals surface area (Å²) in [7, 11) is 0. The van der Waals surface area contributed by atoms with E-state index in [-0.39, 0.29) is 11.2 Å². The Bertz CT molecular complexity index is 944. The second-order valence-electron chi connectivity index (χ2n) is 6.06. The van der Waals surface area contributed by atoms with Crippen molar-refractivity contribution in [1.82, 2.24) is 0 Å². The molecule has 0 fully saturated rings. The number of aromatic hydroxyl groups is 1. The van der Waals surface area contributed by atoms with Crippen molar-refractivity contribution in [2.45, 2.75) is 20.4 Å². The van der Waals surface area contributed by atoms with Crippen molar-refractivity contribution in [2.75, 3.05) is 13.1 Å². The van der Waals surface area contributed by atoms with Crippen molar-refractivity contribution < 1.29 is 14.4 Å². The smallest absolute Gasteiger partial charge is 0.200 e. The minimum Gasteiger partial charge on any atom is -0.507 e. The molecule has 2 aromatic carbocycles. The Morgan fingerprint density at radius 1 is 1.08 bits per heavy atom. The fraction of sp³-hybridized carbons (Fsp3) is 0.250. The first-order chi connectivity index (χ1) is 12.0. The average Bonchev–Trinajstić information content (AvgIpc) is 2.62. The summed E-state index contributed by atoms with van der Waals surface area (Å²) >= 11 is 5.92. The molecule has 0 amide bonds. The van der Waals surface area contributed by atoms with E-state index in [9.17, 15) is 9.90 Å². The Labute approximate surface area is 151 Å². The number of benzene rings is 2. The number of fused-ring (bicyclic) bond motifs is 1. The van der Waals surface area contributed by atoms with Crippen LogP contribution in [0.2, 0.25) is 5.02 Å². The standard InChI is InChI=1S/C20H20ClNO3/c1-3-22(4-2)11-16-18(23)10-9-15-19(24)17(12-25-20(15)16)13-5-7-14(21)8-6-13/h5-10,12,23H,3-4,11H2,1-2H3/p+1. The molecule has 0 bridgehead atoms. The van der Waals surface area contributed by atoms with Crippen LogP contribution in [0, 0.1) is 0 Å². The van der Waals surface area contributed by atoms with Crippen LogP contribution in [-0.2, 0) is 6.54 Å². The predicted molar refractivity (Wildman–Crippen MR) is 100 cm³/mol. The fourth-order valence-corrected chi connectivity index (χ4v) is 3.12. The highest BCUT2D eigenvalue weighted by atomic mass is 35.5. The first-order valence-electron chi connectivity index (χ1n) is 8.41. The van der Waals surface area contributed by atoms with Crippen LogP contribution in [0.4, 0.5) is 0 Å². The summed E-state index contributed by atoms with van der Waals surface area (Å²) in [5.74, 6) is 0.161. The zero-order valence-electron chi connectivity index (χ0n) is 14.3. The van der Waals surface area contributed by atoms with Crippen LogP contribution >= 0.6 is 11.6 Å². The van der Waals surface area contributed by atoms with Gasteiger partial charge in [0, 0.05) is 5.02 Å². The Morgan fingerprint density at radius 3 is 2.40 bits per heavy atom. The first-order valence-corrected chi connectivity index (χ1v) is 8.78. The van der Waals surface area contributed by atoms with E-state index in [4.69, 9.17) is 16.0 Å². The maximum absolute atomic E-state index is 12.9. The molecular weight excluding hydrogens is 338 g/mol. The van der Waals surface area contributed by atoms with Crippen molar-refractivity contribution in [3.63, 3.8) is 0 Å². The SMILES string of the molecule is CC[NH+](CC)Cc1c(O)ccc2c(=O)c(-c3ccc(Cl)cc3)coc12. The predicted octanol–water partition coefficient (Wildman–Crippen LogP) is 3.24. The van der Waals surface area contributed by atoms with Crippen molar-refractivity contribution in [2.24, 2.45) is 0 Å². The minimum absolute atomic E-state index is 0.112. The topological polar surface area (TPSA) is 54.9 Å². The van der Waals surface area contributed by atoms with Gasteiger partial charge in [-0.25, -0.2) is 0 Å². The van der Waals surface area contributed by atoms with Gasteiger partial charge in [0.25, 0.3) is 0 Å². The molecule has 3 aromatic rings. The Morgan fingerprint density at radius 2 is 1.76 bits per heavy atom. The molecule has 1 aromatic heterocycles. The molecule has 3 rings (SSSR count). The number of phenols is 1. The van der Waals surface area contributed by atoms with Crippen LogP contribution in [0.15, 0.2) is 51.9 Å². The van der Waals surface area contributed by atoms with E-state index >= 15 is 0 Å². The highest BCUT2D eigenvalue weighted by Crippen LogP contribution is 2.27. The Balaban J connectivity index is 2.15. The van der Waals surface area contributed by atoms with Gasteiger partial charge in [-0.3, -0.25) is 4.79 Å². The van der Waals surface area contributed by atoms with Gasteiger partial charge in [-0.1, -0.05) is 23.7 Å². The number of hydrogen-bond acceptors (Lipinski definition) is 3. The minimum atomic E-state index is -0.112. The summed E-state index contributed by atoms with van der Waals surface area (Å²) in [6.07, 6.45) is 1.47. The van der Waals surface area contributed by atoms with E-state index in [1.807, 2.05) is 0 Å². The van der Waals surface area contributed by atoms with Crippen LogP contribution in [0.3, 0.4) is 0 Å². The molecule has 2 N–H and O–H groups in total. The van der Waals surface area contributed by atoms with Crippen molar-refractivity contribution in [1.29, 1.82) is 0 Å². The third kappa shape index (κ3) is 3.41. The lowest BCUT2D eigenvalue weighted by atomic mass is 10.0. The van der Waals surface area contributed by atoms with Crippen LogP contribution in [0.25, 0.3) is 22.1 Å². The maximum Gasteiger partial charge on any atom is 0.200 e. The molecule has 0 saturated carbocycles. The molecular formula is C20H21ClNO3+. The Kier molecular flexibility index (Phi) is 5.11. The molecule has 0 aliphatic carbocycles. The summed E-state index contributed by atoms with van der Waals surface area (Å²) in [5, 5.41) is 11.4. The molecule has 0 spiro atoms. The van der Waals surface area contributed by atoms with Gasteiger partial charge in [0.1, 0.15) is 24.1 Å². The van der Waals surface area contributed by atoms with Crippen LogP contribution in [0.5, 0.6) is 5.75 Å².